The van der Waals surface area contributed by atoms with Crippen LogP contribution in [0.15, 0.2) is 35.2 Å². The first-order valence-corrected chi connectivity index (χ1v) is 11.2. The fourth-order valence-corrected chi connectivity index (χ4v) is 4.89. The summed E-state index contributed by atoms with van der Waals surface area (Å²) in [6.45, 7) is 6.09. The van der Waals surface area contributed by atoms with E-state index in [1.807, 2.05) is 6.92 Å². The van der Waals surface area contributed by atoms with Crippen molar-refractivity contribution >= 4 is 21.8 Å². The average Bonchev–Trinajstić information content (AvgIpc) is 2.70. The number of aryl methyl sites for hydroxylation is 3. The van der Waals surface area contributed by atoms with Crippen LogP contribution in [0.1, 0.15) is 33.5 Å². The van der Waals surface area contributed by atoms with Gasteiger partial charge < -0.3 is 9.47 Å². The highest BCUT2D eigenvalue weighted by atomic mass is 32.2. The number of carbonyl (C=O) groups excluding carboxylic acids is 2. The molecule has 0 saturated carbocycles. The van der Waals surface area contributed by atoms with Gasteiger partial charge in [-0.15, -0.1) is 0 Å². The molecule has 2 aromatic carbocycles. The molecule has 0 fully saturated rings. The topological polar surface area (TPSA) is 123 Å². The quantitative estimate of drug-likeness (QED) is 0.577. The first-order chi connectivity index (χ1) is 14.7. The Morgan fingerprint density at radius 1 is 0.935 bits per heavy atom. The van der Waals surface area contributed by atoms with Gasteiger partial charge >= 0.3 is 0 Å². The Bertz CT molecular complexity index is 1090. The highest BCUT2D eigenvalue weighted by Crippen LogP contribution is 2.30. The van der Waals surface area contributed by atoms with E-state index in [1.165, 1.54) is 6.07 Å². The number of fused-ring (bicyclic) bond motifs is 1. The monoisotopic (exact) mass is 447 g/mol. The molecule has 31 heavy (non-hydrogen) atoms. The standard InChI is InChI=1S/C21H25N3O6S/c1-13-10-14(2)20(15(3)11-13)31(27,28)22-7-6-19(25)23-24-21(26)16-4-5-17-18(12-16)30-9-8-29-17/h4-5,10-12,22H,6-9H2,1-3H3,(H,23,25)(H,24,26). The first-order valence-electron chi connectivity index (χ1n) is 9.74. The molecule has 0 bridgehead atoms. The lowest BCUT2D eigenvalue weighted by Crippen LogP contribution is -2.42. The van der Waals surface area contributed by atoms with E-state index in [0.29, 0.717) is 35.8 Å². The number of carbonyl (C=O) groups is 2. The number of rotatable bonds is 6. The zero-order chi connectivity index (χ0) is 22.6. The molecule has 1 heterocycles. The summed E-state index contributed by atoms with van der Waals surface area (Å²) in [5.74, 6) is -0.0535. The minimum absolute atomic E-state index is 0.110. The van der Waals surface area contributed by atoms with Crippen molar-refractivity contribution in [3.63, 3.8) is 0 Å². The van der Waals surface area contributed by atoms with Crippen molar-refractivity contribution in [2.75, 3.05) is 19.8 Å². The predicted molar refractivity (Wildman–Crippen MR) is 113 cm³/mol. The second-order valence-corrected chi connectivity index (χ2v) is 8.94. The van der Waals surface area contributed by atoms with Gasteiger partial charge in [-0.25, -0.2) is 13.1 Å². The van der Waals surface area contributed by atoms with Gasteiger partial charge in [0.15, 0.2) is 11.5 Å². The Hall–Kier alpha value is -3.11. The maximum absolute atomic E-state index is 12.6. The summed E-state index contributed by atoms with van der Waals surface area (Å²) in [5.41, 5.74) is 7.11. The SMILES string of the molecule is Cc1cc(C)c(S(=O)(=O)NCCC(=O)NNC(=O)c2ccc3c(c2)OCCO3)c(C)c1. The molecule has 0 aromatic heterocycles. The summed E-state index contributed by atoms with van der Waals surface area (Å²) < 4.78 is 38.5. The maximum atomic E-state index is 12.6. The zero-order valence-corrected chi connectivity index (χ0v) is 18.4. The van der Waals surface area contributed by atoms with Gasteiger partial charge in [0.2, 0.25) is 15.9 Å². The number of sulfonamides is 1. The molecule has 0 radical (unpaired) electrons. The van der Waals surface area contributed by atoms with Crippen molar-refractivity contribution in [3.8, 4) is 11.5 Å². The average molecular weight is 448 g/mol. The van der Waals surface area contributed by atoms with Crippen LogP contribution >= 0.6 is 0 Å². The number of amides is 2. The first kappa shape index (κ1) is 22.6. The molecule has 10 heteroatoms. The summed E-state index contributed by atoms with van der Waals surface area (Å²) in [7, 11) is -3.76. The van der Waals surface area contributed by atoms with Gasteiger partial charge in [0.05, 0.1) is 4.90 Å². The molecule has 0 spiro atoms. The van der Waals surface area contributed by atoms with Crippen LogP contribution in [0.25, 0.3) is 0 Å². The lowest BCUT2D eigenvalue weighted by Gasteiger charge is -2.18. The lowest BCUT2D eigenvalue weighted by atomic mass is 10.1. The van der Waals surface area contributed by atoms with Crippen LogP contribution < -0.4 is 25.0 Å². The third-order valence-corrected chi connectivity index (χ3v) is 6.40. The molecule has 0 unspecified atom stereocenters. The highest BCUT2D eigenvalue weighted by Gasteiger charge is 2.20. The lowest BCUT2D eigenvalue weighted by molar-refractivity contribution is -0.121. The number of nitrogens with one attached hydrogen (secondary N) is 3. The molecule has 1 aliphatic heterocycles. The molecule has 0 saturated heterocycles. The van der Waals surface area contributed by atoms with Crippen molar-refractivity contribution in [2.45, 2.75) is 32.1 Å². The second-order valence-electron chi connectivity index (χ2n) is 7.24. The Morgan fingerprint density at radius 2 is 1.58 bits per heavy atom. The van der Waals surface area contributed by atoms with E-state index in [-0.39, 0.29) is 23.4 Å². The van der Waals surface area contributed by atoms with Crippen molar-refractivity contribution in [1.82, 2.24) is 15.6 Å². The summed E-state index contributed by atoms with van der Waals surface area (Å²) in [6.07, 6.45) is -0.148. The summed E-state index contributed by atoms with van der Waals surface area (Å²) in [5, 5.41) is 0. The Morgan fingerprint density at radius 3 is 2.26 bits per heavy atom. The molecular formula is C21H25N3O6S. The Balaban J connectivity index is 1.50. The number of benzene rings is 2. The Labute approximate surface area is 181 Å². The van der Waals surface area contributed by atoms with Gasteiger partial charge in [0, 0.05) is 18.5 Å². The molecule has 166 valence electrons. The fraction of sp³-hybridized carbons (Fsp3) is 0.333. The van der Waals surface area contributed by atoms with E-state index in [2.05, 4.69) is 15.6 Å². The number of hydrogen-bond acceptors (Lipinski definition) is 6. The molecule has 2 amide bonds. The summed E-state index contributed by atoms with van der Waals surface area (Å²) in [6, 6.07) is 8.28. The van der Waals surface area contributed by atoms with Gasteiger partial charge in [0.25, 0.3) is 5.91 Å². The van der Waals surface area contributed by atoms with Crippen LogP contribution in [-0.2, 0) is 14.8 Å². The molecular weight excluding hydrogens is 422 g/mol. The van der Waals surface area contributed by atoms with Crippen LogP contribution in [0.4, 0.5) is 0 Å². The van der Waals surface area contributed by atoms with Crippen molar-refractivity contribution in [1.29, 1.82) is 0 Å². The molecule has 0 aliphatic carbocycles. The molecule has 3 rings (SSSR count). The van der Waals surface area contributed by atoms with Crippen LogP contribution in [0.3, 0.4) is 0 Å². The largest absolute Gasteiger partial charge is 0.486 e. The van der Waals surface area contributed by atoms with E-state index in [4.69, 9.17) is 9.47 Å². The van der Waals surface area contributed by atoms with Crippen LogP contribution in [-0.4, -0.2) is 40.0 Å². The summed E-state index contributed by atoms with van der Waals surface area (Å²) in [4.78, 5) is 24.4. The fourth-order valence-electron chi connectivity index (χ4n) is 3.41. The molecule has 2 aromatic rings. The van der Waals surface area contributed by atoms with Gasteiger partial charge in [-0.05, 0) is 50.1 Å². The van der Waals surface area contributed by atoms with Gasteiger partial charge in [-0.1, -0.05) is 17.7 Å². The van der Waals surface area contributed by atoms with Crippen LogP contribution in [0.5, 0.6) is 11.5 Å². The zero-order valence-electron chi connectivity index (χ0n) is 17.6. The van der Waals surface area contributed by atoms with E-state index < -0.39 is 21.8 Å². The van der Waals surface area contributed by atoms with Gasteiger partial charge in [-0.3, -0.25) is 20.4 Å². The molecule has 9 nitrogen and oxygen atoms in total. The van der Waals surface area contributed by atoms with Crippen molar-refractivity contribution in [2.24, 2.45) is 0 Å². The van der Waals surface area contributed by atoms with Crippen molar-refractivity contribution < 1.29 is 27.5 Å². The van der Waals surface area contributed by atoms with Gasteiger partial charge in [-0.2, -0.15) is 0 Å². The smallest absolute Gasteiger partial charge is 0.269 e. The van der Waals surface area contributed by atoms with E-state index >= 15 is 0 Å². The number of ether oxygens (including phenoxy) is 2. The molecule has 3 N–H and O–H groups in total. The van der Waals surface area contributed by atoms with E-state index in [0.717, 1.165) is 5.56 Å². The number of hydrogen-bond donors (Lipinski definition) is 3. The highest BCUT2D eigenvalue weighted by molar-refractivity contribution is 7.89. The van der Waals surface area contributed by atoms with Crippen LogP contribution in [0.2, 0.25) is 0 Å². The van der Waals surface area contributed by atoms with E-state index in [9.17, 15) is 18.0 Å². The summed E-state index contributed by atoms with van der Waals surface area (Å²) >= 11 is 0. The predicted octanol–water partition coefficient (Wildman–Crippen LogP) is 1.51. The minimum Gasteiger partial charge on any atom is -0.486 e. The molecule has 1 aliphatic rings. The maximum Gasteiger partial charge on any atom is 0.269 e. The normalized spacial score (nSPS) is 12.9. The van der Waals surface area contributed by atoms with Gasteiger partial charge in [0.1, 0.15) is 13.2 Å². The minimum atomic E-state index is -3.76. The van der Waals surface area contributed by atoms with E-state index in [1.54, 1.807) is 38.1 Å². The second kappa shape index (κ2) is 9.36. The third kappa shape index (κ3) is 5.53. The number of hydrazine groups is 1. The molecule has 0 atom stereocenters. The Kier molecular flexibility index (Phi) is 6.81. The van der Waals surface area contributed by atoms with Crippen molar-refractivity contribution in [3.05, 3.63) is 52.6 Å². The third-order valence-electron chi connectivity index (χ3n) is 4.64. The van der Waals surface area contributed by atoms with Crippen LogP contribution in [0, 0.1) is 20.8 Å².